The number of aliphatic imine (C=N–C) groups is 1. The lowest BCUT2D eigenvalue weighted by atomic mass is 10.0. The third-order valence-electron chi connectivity index (χ3n) is 5.42. The number of benzene rings is 4. The van der Waals surface area contributed by atoms with Crippen molar-refractivity contribution in [2.45, 2.75) is 11.1 Å². The summed E-state index contributed by atoms with van der Waals surface area (Å²) < 4.78 is 43.0. The number of fused-ring (bicyclic) bond motifs is 1. The molecule has 4 aromatic rings. The van der Waals surface area contributed by atoms with E-state index in [0.717, 1.165) is 11.1 Å². The minimum absolute atomic E-state index is 0. The first-order chi connectivity index (χ1) is 18.7. The van der Waals surface area contributed by atoms with Gasteiger partial charge in [0.1, 0.15) is 5.82 Å². The summed E-state index contributed by atoms with van der Waals surface area (Å²) in [6.45, 7) is 0. The summed E-state index contributed by atoms with van der Waals surface area (Å²) >= 11 is 0. The predicted octanol–water partition coefficient (Wildman–Crippen LogP) is 3.87. The molecule has 3 amide bonds. The van der Waals surface area contributed by atoms with Crippen molar-refractivity contribution < 1.29 is 32.4 Å². The van der Waals surface area contributed by atoms with Gasteiger partial charge in [-0.15, -0.1) is 0 Å². The van der Waals surface area contributed by atoms with E-state index in [1.807, 2.05) is 42.5 Å². The van der Waals surface area contributed by atoms with Gasteiger partial charge < -0.3 is 21.4 Å². The molecule has 0 aliphatic carbocycles. The van der Waals surface area contributed by atoms with Crippen LogP contribution in [0.5, 0.6) is 0 Å². The van der Waals surface area contributed by atoms with E-state index in [-0.39, 0.29) is 16.1 Å². The van der Waals surface area contributed by atoms with E-state index in [4.69, 9.17) is 4.55 Å². The summed E-state index contributed by atoms with van der Waals surface area (Å²) in [5.74, 6) is -1.07. The number of amides is 3. The Morgan fingerprint density at radius 3 is 2.05 bits per heavy atom. The van der Waals surface area contributed by atoms with Crippen molar-refractivity contribution in [1.29, 1.82) is 0 Å². The standard InChI is InChI=1S/C22H17FN4O2.C6H6O3S.H2O/c23-16-11-5-7-13-18(16)25-22(29)27-20-21(28)24-17-12-6-4-10-15(17)19(26-20)14-8-2-1-3-9-14;7-10(8,9)6-4-2-1-3-5-6;/h1-13,20H,(H,24,28)(H2,25,27,29);1-5H,(H,7,8,9);1H2/t20-;;/m1../s1. The van der Waals surface area contributed by atoms with Gasteiger partial charge >= 0.3 is 6.03 Å². The molecule has 1 aliphatic heterocycles. The van der Waals surface area contributed by atoms with Crippen LogP contribution in [0.4, 0.5) is 20.6 Å². The molecule has 1 heterocycles. The molecular formula is C28H25FN4O6S. The van der Waals surface area contributed by atoms with Crippen molar-refractivity contribution in [3.05, 3.63) is 126 Å². The van der Waals surface area contributed by atoms with Gasteiger partial charge in [-0.05, 0) is 30.3 Å². The van der Waals surface area contributed by atoms with Crippen LogP contribution in [-0.2, 0) is 14.9 Å². The van der Waals surface area contributed by atoms with Crippen LogP contribution in [-0.4, -0.2) is 42.3 Å². The molecule has 0 radical (unpaired) electrons. The Hall–Kier alpha value is -4.91. The lowest BCUT2D eigenvalue weighted by Gasteiger charge is -2.14. The van der Waals surface area contributed by atoms with E-state index >= 15 is 0 Å². The first-order valence-corrected chi connectivity index (χ1v) is 13.0. The van der Waals surface area contributed by atoms with Gasteiger partial charge in [-0.25, -0.2) is 14.2 Å². The SMILES string of the molecule is O.O=C(Nc1ccccc1F)N[C@H]1N=C(c2ccccc2)c2ccccc2NC1=O.O=S(=O)(O)c1ccccc1. The van der Waals surface area contributed by atoms with Crippen LogP contribution in [0.15, 0.2) is 119 Å². The molecule has 206 valence electrons. The highest BCUT2D eigenvalue weighted by atomic mass is 32.2. The first-order valence-electron chi connectivity index (χ1n) is 11.6. The average molecular weight is 565 g/mol. The van der Waals surface area contributed by atoms with Crippen molar-refractivity contribution in [3.63, 3.8) is 0 Å². The van der Waals surface area contributed by atoms with Crippen molar-refractivity contribution in [1.82, 2.24) is 5.32 Å². The summed E-state index contributed by atoms with van der Waals surface area (Å²) in [5, 5.41) is 7.69. The van der Waals surface area contributed by atoms with E-state index in [1.165, 1.54) is 30.3 Å². The third-order valence-corrected chi connectivity index (χ3v) is 6.29. The number of anilines is 2. The van der Waals surface area contributed by atoms with E-state index < -0.39 is 34.0 Å². The van der Waals surface area contributed by atoms with Crippen LogP contribution in [0.25, 0.3) is 0 Å². The van der Waals surface area contributed by atoms with Crippen molar-refractivity contribution >= 4 is 39.1 Å². The fourth-order valence-electron chi connectivity index (χ4n) is 3.62. The number of para-hydroxylation sites is 2. The van der Waals surface area contributed by atoms with Crippen LogP contribution in [0.3, 0.4) is 0 Å². The Labute approximate surface area is 229 Å². The van der Waals surface area contributed by atoms with Crippen molar-refractivity contribution in [2.75, 3.05) is 10.6 Å². The number of urea groups is 1. The lowest BCUT2D eigenvalue weighted by molar-refractivity contribution is -0.117. The molecule has 10 nitrogen and oxygen atoms in total. The highest BCUT2D eigenvalue weighted by Crippen LogP contribution is 2.23. The molecule has 0 fully saturated rings. The van der Waals surface area contributed by atoms with Crippen molar-refractivity contribution in [2.24, 2.45) is 4.99 Å². The van der Waals surface area contributed by atoms with Gasteiger partial charge in [0.2, 0.25) is 6.17 Å². The number of hydrogen-bond acceptors (Lipinski definition) is 5. The Morgan fingerprint density at radius 2 is 1.43 bits per heavy atom. The number of carbonyl (C=O) groups is 2. The predicted molar refractivity (Wildman–Crippen MR) is 149 cm³/mol. The molecule has 1 atom stereocenters. The molecular weight excluding hydrogens is 539 g/mol. The van der Waals surface area contributed by atoms with E-state index in [0.29, 0.717) is 11.4 Å². The third kappa shape index (κ3) is 7.57. The molecule has 4 aromatic carbocycles. The summed E-state index contributed by atoms with van der Waals surface area (Å²) in [7, 11) is -4.00. The highest BCUT2D eigenvalue weighted by molar-refractivity contribution is 7.85. The Kier molecular flexibility index (Phi) is 9.81. The molecule has 6 N–H and O–H groups in total. The summed E-state index contributed by atoms with van der Waals surface area (Å²) in [4.78, 5) is 29.5. The Balaban J connectivity index is 0.000000340. The maximum Gasteiger partial charge on any atom is 0.321 e. The molecule has 5 rings (SSSR count). The van der Waals surface area contributed by atoms with Gasteiger partial charge in [0, 0.05) is 11.1 Å². The first kappa shape index (κ1) is 29.6. The minimum Gasteiger partial charge on any atom is -0.412 e. The van der Waals surface area contributed by atoms with Crippen LogP contribution in [0.1, 0.15) is 11.1 Å². The molecule has 0 saturated carbocycles. The fourth-order valence-corrected chi connectivity index (χ4v) is 4.12. The lowest BCUT2D eigenvalue weighted by Crippen LogP contribution is -2.44. The molecule has 0 saturated heterocycles. The van der Waals surface area contributed by atoms with Gasteiger partial charge in [-0.1, -0.05) is 78.9 Å². The highest BCUT2D eigenvalue weighted by Gasteiger charge is 2.27. The second-order valence-electron chi connectivity index (χ2n) is 8.15. The summed E-state index contributed by atoms with van der Waals surface area (Å²) in [5.41, 5.74) is 2.72. The molecule has 1 aliphatic rings. The number of nitrogens with one attached hydrogen (secondary N) is 3. The minimum atomic E-state index is -4.00. The Morgan fingerprint density at radius 1 is 0.850 bits per heavy atom. The number of rotatable bonds is 4. The summed E-state index contributed by atoms with van der Waals surface area (Å²) in [6, 6.07) is 29.1. The van der Waals surface area contributed by atoms with E-state index in [2.05, 4.69) is 20.9 Å². The van der Waals surface area contributed by atoms with Crippen molar-refractivity contribution in [3.8, 4) is 0 Å². The van der Waals surface area contributed by atoms with Crippen LogP contribution < -0.4 is 16.0 Å². The second-order valence-corrected chi connectivity index (χ2v) is 9.57. The van der Waals surface area contributed by atoms with Gasteiger partial charge in [0.15, 0.2) is 0 Å². The van der Waals surface area contributed by atoms with Gasteiger partial charge in [0.25, 0.3) is 16.0 Å². The van der Waals surface area contributed by atoms with Gasteiger partial charge in [-0.3, -0.25) is 9.35 Å². The second kappa shape index (κ2) is 13.2. The number of carbonyl (C=O) groups excluding carboxylic acids is 2. The number of halogens is 1. The van der Waals surface area contributed by atoms with Crippen LogP contribution in [0.2, 0.25) is 0 Å². The van der Waals surface area contributed by atoms with Gasteiger partial charge in [0.05, 0.1) is 22.0 Å². The quantitative estimate of drug-likeness (QED) is 0.276. The molecule has 12 heteroatoms. The maximum absolute atomic E-state index is 13.8. The average Bonchev–Trinajstić information content (AvgIpc) is 3.07. The smallest absolute Gasteiger partial charge is 0.321 e. The normalized spacial score (nSPS) is 14.0. The number of hydrogen-bond donors (Lipinski definition) is 4. The molecule has 0 spiro atoms. The topological polar surface area (TPSA) is 168 Å². The summed E-state index contributed by atoms with van der Waals surface area (Å²) in [6.07, 6.45) is -1.19. The van der Waals surface area contributed by atoms with Gasteiger partial charge in [-0.2, -0.15) is 8.42 Å². The zero-order valence-electron chi connectivity index (χ0n) is 20.8. The zero-order valence-corrected chi connectivity index (χ0v) is 21.6. The molecule has 0 bridgehead atoms. The fraction of sp³-hybridized carbons (Fsp3) is 0.0357. The van der Waals surface area contributed by atoms with E-state index in [9.17, 15) is 22.4 Å². The van der Waals surface area contributed by atoms with Crippen LogP contribution in [0, 0.1) is 5.82 Å². The number of benzodiazepines with no additional fused rings is 1. The zero-order chi connectivity index (χ0) is 27.8. The number of nitrogens with zero attached hydrogens (tertiary/aromatic N) is 1. The molecule has 0 aromatic heterocycles. The molecule has 40 heavy (non-hydrogen) atoms. The largest absolute Gasteiger partial charge is 0.412 e. The van der Waals surface area contributed by atoms with E-state index in [1.54, 1.807) is 36.4 Å². The Bertz CT molecular complexity index is 1620. The van der Waals surface area contributed by atoms with Crippen LogP contribution >= 0.6 is 0 Å². The maximum atomic E-state index is 13.8. The molecule has 0 unspecified atom stereocenters. The monoisotopic (exact) mass is 564 g/mol.